The number of guanidine groups is 1. The fraction of sp³-hybridized carbons (Fsp3) is 0.258. The number of pyridine rings is 2. The third-order valence-corrected chi connectivity index (χ3v) is 5.64. The van der Waals surface area contributed by atoms with Crippen LogP contribution < -0.4 is 26.6 Å². The summed E-state index contributed by atoms with van der Waals surface area (Å²) in [6, 6.07) is 3.88. The highest BCUT2D eigenvalue weighted by Gasteiger charge is 2.23. The lowest BCUT2D eigenvalue weighted by Gasteiger charge is -2.28. The SMILES string of the molecule is CCC.CCN=C(N)N1C2=C=C(C=NC=C=C2)c2cnccc21.CN/C=C\C1=C=C(C)c2cnccc2N1CN. The zero-order valence-corrected chi connectivity index (χ0v) is 23.8. The minimum Gasteiger partial charge on any atom is -0.394 e. The Morgan fingerprint density at radius 2 is 1.77 bits per heavy atom. The summed E-state index contributed by atoms with van der Waals surface area (Å²) in [6.45, 7) is 9.26. The second-order valence-corrected chi connectivity index (χ2v) is 8.67. The van der Waals surface area contributed by atoms with Crippen LogP contribution in [0, 0.1) is 0 Å². The summed E-state index contributed by atoms with van der Waals surface area (Å²) in [6.07, 6.45) is 17.3. The van der Waals surface area contributed by atoms with E-state index in [1.165, 1.54) is 6.42 Å². The van der Waals surface area contributed by atoms with Crippen molar-refractivity contribution in [3.8, 4) is 0 Å². The quantitative estimate of drug-likeness (QED) is 0.295. The van der Waals surface area contributed by atoms with Crippen LogP contribution in [-0.2, 0) is 0 Å². The van der Waals surface area contributed by atoms with Gasteiger partial charge in [-0.3, -0.25) is 24.9 Å². The van der Waals surface area contributed by atoms with E-state index in [2.05, 4.69) is 56.3 Å². The van der Waals surface area contributed by atoms with Crippen molar-refractivity contribution < 1.29 is 0 Å². The molecule has 0 unspecified atom stereocenters. The third-order valence-electron chi connectivity index (χ3n) is 5.64. The molecule has 0 aliphatic carbocycles. The van der Waals surface area contributed by atoms with E-state index in [1.807, 2.05) is 61.3 Å². The molecule has 2 aromatic heterocycles. The highest BCUT2D eigenvalue weighted by atomic mass is 15.3. The predicted molar refractivity (Wildman–Crippen MR) is 166 cm³/mol. The molecule has 0 amide bonds. The van der Waals surface area contributed by atoms with Gasteiger partial charge in [0.15, 0.2) is 0 Å². The van der Waals surface area contributed by atoms with Gasteiger partial charge in [-0.25, -0.2) is 0 Å². The van der Waals surface area contributed by atoms with Gasteiger partial charge in [0, 0.05) is 72.9 Å². The van der Waals surface area contributed by atoms with Crippen molar-refractivity contribution in [1.29, 1.82) is 0 Å². The first-order valence-electron chi connectivity index (χ1n) is 13.2. The molecule has 2 bridgehead atoms. The normalized spacial score (nSPS) is 14.7. The Morgan fingerprint density at radius 1 is 1.07 bits per heavy atom. The number of allylic oxidation sites excluding steroid dienone is 2. The maximum absolute atomic E-state index is 6.09. The first-order chi connectivity index (χ1) is 19.5. The summed E-state index contributed by atoms with van der Waals surface area (Å²) in [5.41, 5.74) is 29.2. The number of anilines is 2. The van der Waals surface area contributed by atoms with Crippen LogP contribution in [-0.4, -0.2) is 42.4 Å². The topological polar surface area (TPSA) is 121 Å². The van der Waals surface area contributed by atoms with E-state index in [0.29, 0.717) is 19.2 Å². The number of rotatable bonds is 4. The molecule has 3 aliphatic heterocycles. The Balaban J connectivity index is 0.000000203. The molecule has 40 heavy (non-hydrogen) atoms. The summed E-state index contributed by atoms with van der Waals surface area (Å²) in [7, 11) is 1.86. The van der Waals surface area contributed by atoms with Gasteiger partial charge in [0.05, 0.1) is 29.9 Å². The molecule has 3 aliphatic rings. The standard InChI is InChI=1S/C15H13N5.C13H16N4.C3H8/c1-2-19-15(16)20-12-4-3-6-17-9-11(8-12)13-10-18-7-5-14(13)20;1-10-7-11(3-5-15-2)17(9-14)13-4-6-16-8-12(10)13;1-3-2/h4-7,9-10H,2H2,1H3,(H2,16,19);3-6,8,15H,9,14H2,1-2H3;3H2,1-2H3/b;5-3-;. The van der Waals surface area contributed by atoms with Gasteiger partial charge in [0.1, 0.15) is 5.70 Å². The highest BCUT2D eigenvalue weighted by Crippen LogP contribution is 2.33. The first kappa shape index (κ1) is 29.7. The minimum atomic E-state index is 0.417. The number of nitrogens with one attached hydrogen (secondary N) is 1. The molecule has 0 spiro atoms. The number of nitrogens with zero attached hydrogens (tertiary/aromatic N) is 6. The molecule has 9 nitrogen and oxygen atoms in total. The van der Waals surface area contributed by atoms with E-state index < -0.39 is 0 Å². The Hall–Kier alpha value is -4.90. The van der Waals surface area contributed by atoms with Crippen molar-refractivity contribution in [2.75, 3.05) is 30.1 Å². The minimum absolute atomic E-state index is 0.417. The lowest BCUT2D eigenvalue weighted by molar-refractivity contribution is 0.931. The second-order valence-electron chi connectivity index (χ2n) is 8.67. The zero-order valence-electron chi connectivity index (χ0n) is 23.8. The van der Waals surface area contributed by atoms with Gasteiger partial charge in [-0.15, -0.1) is 0 Å². The zero-order chi connectivity index (χ0) is 28.9. The summed E-state index contributed by atoms with van der Waals surface area (Å²) >= 11 is 0. The first-order valence-corrected chi connectivity index (χ1v) is 13.2. The van der Waals surface area contributed by atoms with Gasteiger partial charge in [-0.05, 0) is 38.3 Å². The average Bonchev–Trinajstić information content (AvgIpc) is 2.95. The van der Waals surface area contributed by atoms with Crippen LogP contribution in [0.3, 0.4) is 0 Å². The Bertz CT molecular complexity index is 1490. The molecule has 0 atom stereocenters. The van der Waals surface area contributed by atoms with Crippen molar-refractivity contribution in [2.24, 2.45) is 21.5 Å². The Kier molecular flexibility index (Phi) is 11.0. The van der Waals surface area contributed by atoms with Crippen LogP contribution in [0.1, 0.15) is 45.2 Å². The Labute approximate surface area is 236 Å². The number of nitrogens with two attached hydrogens (primary N) is 2. The third kappa shape index (κ3) is 6.94. The van der Waals surface area contributed by atoms with E-state index in [9.17, 15) is 0 Å². The van der Waals surface area contributed by atoms with E-state index in [-0.39, 0.29) is 0 Å². The molecule has 0 radical (unpaired) electrons. The number of hydrogen-bond acceptors (Lipinski definition) is 7. The van der Waals surface area contributed by atoms with Crippen LogP contribution in [0.5, 0.6) is 0 Å². The number of aliphatic imine (C=N–C) groups is 2. The molecule has 0 aromatic carbocycles. The van der Waals surface area contributed by atoms with Crippen molar-refractivity contribution in [3.63, 3.8) is 0 Å². The van der Waals surface area contributed by atoms with Crippen LogP contribution >= 0.6 is 0 Å². The molecule has 5 heterocycles. The average molecular weight is 536 g/mol. The van der Waals surface area contributed by atoms with Gasteiger partial charge < -0.3 is 21.7 Å². The molecule has 0 fully saturated rings. The van der Waals surface area contributed by atoms with Gasteiger partial charge >= 0.3 is 0 Å². The summed E-state index contributed by atoms with van der Waals surface area (Å²) in [5.74, 6) is 0.428. The molecular formula is C31H37N9. The number of fused-ring (bicyclic) bond motifs is 3. The maximum atomic E-state index is 6.09. The van der Waals surface area contributed by atoms with Gasteiger partial charge in [0.2, 0.25) is 5.96 Å². The molecule has 5 rings (SSSR count). The van der Waals surface area contributed by atoms with E-state index in [0.717, 1.165) is 45.0 Å². The molecule has 5 N–H and O–H groups in total. The highest BCUT2D eigenvalue weighted by molar-refractivity contribution is 6.15. The molecule has 2 aromatic rings. The van der Waals surface area contributed by atoms with Crippen molar-refractivity contribution in [1.82, 2.24) is 15.3 Å². The van der Waals surface area contributed by atoms with Crippen molar-refractivity contribution >= 4 is 34.7 Å². The second kappa shape index (κ2) is 14.9. The maximum Gasteiger partial charge on any atom is 0.201 e. The Morgan fingerprint density at radius 3 is 2.45 bits per heavy atom. The van der Waals surface area contributed by atoms with Crippen LogP contribution in [0.4, 0.5) is 11.4 Å². The van der Waals surface area contributed by atoms with Crippen LogP contribution in [0.2, 0.25) is 0 Å². The lowest BCUT2D eigenvalue weighted by atomic mass is 10.0. The summed E-state index contributed by atoms with van der Waals surface area (Å²) in [4.78, 5) is 20.6. The monoisotopic (exact) mass is 535 g/mol. The van der Waals surface area contributed by atoms with E-state index in [1.54, 1.807) is 37.1 Å². The van der Waals surface area contributed by atoms with Crippen molar-refractivity contribution in [3.05, 3.63) is 101 Å². The summed E-state index contributed by atoms with van der Waals surface area (Å²) in [5, 5.41) is 2.97. The lowest BCUT2D eigenvalue weighted by Crippen LogP contribution is -2.38. The van der Waals surface area contributed by atoms with Gasteiger partial charge in [-0.1, -0.05) is 37.5 Å². The predicted octanol–water partition coefficient (Wildman–Crippen LogP) is 4.71. The molecule has 9 heteroatoms. The fourth-order valence-electron chi connectivity index (χ4n) is 3.99. The van der Waals surface area contributed by atoms with Crippen LogP contribution in [0.25, 0.3) is 11.1 Å². The summed E-state index contributed by atoms with van der Waals surface area (Å²) < 4.78 is 0. The molecule has 0 saturated heterocycles. The van der Waals surface area contributed by atoms with Gasteiger partial charge in [0.25, 0.3) is 0 Å². The van der Waals surface area contributed by atoms with E-state index >= 15 is 0 Å². The van der Waals surface area contributed by atoms with Crippen molar-refractivity contribution in [2.45, 2.75) is 34.1 Å². The fourth-order valence-corrected chi connectivity index (χ4v) is 3.99. The largest absolute Gasteiger partial charge is 0.394 e. The van der Waals surface area contributed by atoms with Crippen LogP contribution in [0.15, 0.2) is 100 Å². The molecule has 206 valence electrons. The van der Waals surface area contributed by atoms with Gasteiger partial charge in [-0.2, -0.15) is 0 Å². The molecule has 0 saturated carbocycles. The van der Waals surface area contributed by atoms with E-state index in [4.69, 9.17) is 11.5 Å². The molecular weight excluding hydrogens is 498 g/mol. The number of hydrogen-bond donors (Lipinski definition) is 3. The number of aromatic nitrogens is 2. The smallest absolute Gasteiger partial charge is 0.201 e.